The van der Waals surface area contributed by atoms with Gasteiger partial charge in [-0.2, -0.15) is 0 Å². The maximum atomic E-state index is 11.1. The van der Waals surface area contributed by atoms with Gasteiger partial charge >= 0.3 is 5.97 Å². The fraction of sp³-hybridized carbons (Fsp3) is 0.417. The second kappa shape index (κ2) is 3.57. The van der Waals surface area contributed by atoms with E-state index in [-0.39, 0.29) is 0 Å². The summed E-state index contributed by atoms with van der Waals surface area (Å²) < 4.78 is 0. The molecule has 0 atom stereocenters. The van der Waals surface area contributed by atoms with Gasteiger partial charge in [-0.3, -0.25) is 0 Å². The Morgan fingerprint density at radius 1 is 1.47 bits per heavy atom. The van der Waals surface area contributed by atoms with Crippen LogP contribution in [0.2, 0.25) is 0 Å². The van der Waals surface area contributed by atoms with E-state index in [1.165, 1.54) is 0 Å². The summed E-state index contributed by atoms with van der Waals surface area (Å²) in [6.07, 6.45) is 0. The first kappa shape index (κ1) is 10.0. The van der Waals surface area contributed by atoms with Gasteiger partial charge in [-0.05, 0) is 25.0 Å². The molecule has 1 aliphatic heterocycles. The number of rotatable bonds is 2. The molecule has 1 fully saturated rings. The SMILES string of the molecule is Cc1ccc(N2CC(C)C2)c(C(=O)O)c1. The topological polar surface area (TPSA) is 40.5 Å². The maximum Gasteiger partial charge on any atom is 0.337 e. The number of carboxylic acid groups (broad SMARTS) is 1. The molecule has 0 saturated carbocycles. The smallest absolute Gasteiger partial charge is 0.337 e. The molecule has 1 aromatic carbocycles. The van der Waals surface area contributed by atoms with Crippen LogP contribution in [-0.2, 0) is 0 Å². The van der Waals surface area contributed by atoms with Crippen molar-refractivity contribution in [3.63, 3.8) is 0 Å². The lowest BCUT2D eigenvalue weighted by Crippen LogP contribution is -2.45. The van der Waals surface area contributed by atoms with Crippen LogP contribution >= 0.6 is 0 Å². The number of hydrogen-bond acceptors (Lipinski definition) is 2. The Morgan fingerprint density at radius 3 is 2.67 bits per heavy atom. The summed E-state index contributed by atoms with van der Waals surface area (Å²) in [6, 6.07) is 5.61. The Bertz CT molecular complexity index is 395. The summed E-state index contributed by atoms with van der Waals surface area (Å²) in [5.74, 6) is -0.166. The van der Waals surface area contributed by atoms with Crippen molar-refractivity contribution in [2.75, 3.05) is 18.0 Å². The number of anilines is 1. The monoisotopic (exact) mass is 205 g/mol. The molecule has 15 heavy (non-hydrogen) atoms. The van der Waals surface area contributed by atoms with Gasteiger partial charge in [0, 0.05) is 13.1 Å². The zero-order valence-corrected chi connectivity index (χ0v) is 9.03. The molecule has 0 aromatic heterocycles. The van der Waals surface area contributed by atoms with Gasteiger partial charge in [0.2, 0.25) is 0 Å². The fourth-order valence-electron chi connectivity index (χ4n) is 1.99. The van der Waals surface area contributed by atoms with Crippen LogP contribution < -0.4 is 4.90 Å². The lowest BCUT2D eigenvalue weighted by Gasteiger charge is -2.39. The third-order valence-corrected chi connectivity index (χ3v) is 2.79. The van der Waals surface area contributed by atoms with Gasteiger partial charge in [-0.1, -0.05) is 18.6 Å². The molecule has 3 nitrogen and oxygen atoms in total. The number of aromatic carboxylic acids is 1. The molecule has 0 bridgehead atoms. The van der Waals surface area contributed by atoms with Gasteiger partial charge in [-0.15, -0.1) is 0 Å². The Balaban J connectivity index is 2.34. The average Bonchev–Trinajstić information content (AvgIpc) is 2.13. The zero-order valence-electron chi connectivity index (χ0n) is 9.03. The Morgan fingerprint density at radius 2 is 2.13 bits per heavy atom. The van der Waals surface area contributed by atoms with Crippen LogP contribution in [0.4, 0.5) is 5.69 Å². The molecular weight excluding hydrogens is 190 g/mol. The summed E-state index contributed by atoms with van der Waals surface area (Å²) in [7, 11) is 0. The van der Waals surface area contributed by atoms with Gasteiger partial charge in [0.25, 0.3) is 0 Å². The standard InChI is InChI=1S/C12H15NO2/c1-8-3-4-11(10(5-8)12(14)15)13-6-9(2)7-13/h3-5,9H,6-7H2,1-2H3,(H,14,15). The Labute approximate surface area is 89.3 Å². The second-order valence-corrected chi connectivity index (χ2v) is 4.34. The normalized spacial score (nSPS) is 16.3. The number of aryl methyl sites for hydroxylation is 1. The number of hydrogen-bond donors (Lipinski definition) is 1. The largest absolute Gasteiger partial charge is 0.478 e. The Kier molecular flexibility index (Phi) is 2.39. The molecule has 80 valence electrons. The molecular formula is C12H15NO2. The van der Waals surface area contributed by atoms with Crippen LogP contribution in [0.1, 0.15) is 22.8 Å². The first-order valence-corrected chi connectivity index (χ1v) is 5.17. The van der Waals surface area contributed by atoms with Crippen molar-refractivity contribution in [3.05, 3.63) is 29.3 Å². The third kappa shape index (κ3) is 1.82. The van der Waals surface area contributed by atoms with Crippen molar-refractivity contribution < 1.29 is 9.90 Å². The first-order valence-electron chi connectivity index (χ1n) is 5.17. The predicted octanol–water partition coefficient (Wildman–Crippen LogP) is 2.15. The Hall–Kier alpha value is -1.51. The minimum absolute atomic E-state index is 0.418. The molecule has 1 aromatic rings. The van der Waals surface area contributed by atoms with Crippen molar-refractivity contribution >= 4 is 11.7 Å². The van der Waals surface area contributed by atoms with Crippen LogP contribution in [0.15, 0.2) is 18.2 Å². The quantitative estimate of drug-likeness (QED) is 0.804. The summed E-state index contributed by atoms with van der Waals surface area (Å²) in [5, 5.41) is 9.10. The number of carboxylic acids is 1. The van der Waals surface area contributed by atoms with E-state index in [0.717, 1.165) is 24.3 Å². The van der Waals surface area contributed by atoms with Crippen molar-refractivity contribution in [3.8, 4) is 0 Å². The number of nitrogens with zero attached hydrogens (tertiary/aromatic N) is 1. The van der Waals surface area contributed by atoms with E-state index in [1.54, 1.807) is 6.07 Å². The highest BCUT2D eigenvalue weighted by molar-refractivity contribution is 5.94. The summed E-state index contributed by atoms with van der Waals surface area (Å²) in [5.41, 5.74) is 2.26. The van der Waals surface area contributed by atoms with Crippen molar-refractivity contribution in [1.29, 1.82) is 0 Å². The van der Waals surface area contributed by atoms with E-state index in [2.05, 4.69) is 11.8 Å². The summed E-state index contributed by atoms with van der Waals surface area (Å²) in [4.78, 5) is 13.2. The van der Waals surface area contributed by atoms with Gasteiger partial charge in [-0.25, -0.2) is 4.79 Å². The molecule has 0 radical (unpaired) electrons. The van der Waals surface area contributed by atoms with Crippen molar-refractivity contribution in [2.24, 2.45) is 5.92 Å². The maximum absolute atomic E-state index is 11.1. The molecule has 0 amide bonds. The van der Waals surface area contributed by atoms with Crippen LogP contribution in [0.3, 0.4) is 0 Å². The van der Waals surface area contributed by atoms with Crippen LogP contribution in [0, 0.1) is 12.8 Å². The van der Waals surface area contributed by atoms with Crippen molar-refractivity contribution in [2.45, 2.75) is 13.8 Å². The lowest BCUT2D eigenvalue weighted by atomic mass is 9.99. The van der Waals surface area contributed by atoms with E-state index < -0.39 is 5.97 Å². The molecule has 0 spiro atoms. The lowest BCUT2D eigenvalue weighted by molar-refractivity contribution is 0.0697. The molecule has 1 N–H and O–H groups in total. The summed E-state index contributed by atoms with van der Waals surface area (Å²) in [6.45, 7) is 6.01. The molecule has 0 aliphatic carbocycles. The van der Waals surface area contributed by atoms with E-state index in [0.29, 0.717) is 11.5 Å². The van der Waals surface area contributed by atoms with E-state index >= 15 is 0 Å². The minimum atomic E-state index is -0.840. The predicted molar refractivity (Wildman–Crippen MR) is 59.5 cm³/mol. The highest BCUT2D eigenvalue weighted by Gasteiger charge is 2.26. The molecule has 0 unspecified atom stereocenters. The fourth-order valence-corrected chi connectivity index (χ4v) is 1.99. The highest BCUT2D eigenvalue weighted by atomic mass is 16.4. The average molecular weight is 205 g/mol. The number of carbonyl (C=O) groups is 1. The second-order valence-electron chi connectivity index (χ2n) is 4.34. The molecule has 1 saturated heterocycles. The molecule has 1 heterocycles. The van der Waals surface area contributed by atoms with E-state index in [9.17, 15) is 4.79 Å². The van der Waals surface area contributed by atoms with Gasteiger partial charge in [0.1, 0.15) is 0 Å². The number of benzene rings is 1. The third-order valence-electron chi connectivity index (χ3n) is 2.79. The molecule has 3 heteroatoms. The van der Waals surface area contributed by atoms with E-state index in [4.69, 9.17) is 5.11 Å². The van der Waals surface area contributed by atoms with Gasteiger partial charge in [0.05, 0.1) is 11.3 Å². The highest BCUT2D eigenvalue weighted by Crippen LogP contribution is 2.28. The van der Waals surface area contributed by atoms with Crippen LogP contribution in [-0.4, -0.2) is 24.2 Å². The first-order chi connectivity index (χ1) is 7.08. The van der Waals surface area contributed by atoms with Crippen LogP contribution in [0.5, 0.6) is 0 Å². The van der Waals surface area contributed by atoms with Crippen LogP contribution in [0.25, 0.3) is 0 Å². The van der Waals surface area contributed by atoms with Gasteiger partial charge in [0.15, 0.2) is 0 Å². The molecule has 1 aliphatic rings. The van der Waals surface area contributed by atoms with E-state index in [1.807, 2.05) is 19.1 Å². The summed E-state index contributed by atoms with van der Waals surface area (Å²) >= 11 is 0. The van der Waals surface area contributed by atoms with Gasteiger partial charge < -0.3 is 10.0 Å². The molecule has 2 rings (SSSR count). The van der Waals surface area contributed by atoms with Crippen molar-refractivity contribution in [1.82, 2.24) is 0 Å². The zero-order chi connectivity index (χ0) is 11.0. The minimum Gasteiger partial charge on any atom is -0.478 e.